The van der Waals surface area contributed by atoms with Crippen LogP contribution in [0.2, 0.25) is 0 Å². The molecule has 1 aromatic heterocycles. The summed E-state index contributed by atoms with van der Waals surface area (Å²) in [7, 11) is 1.57. The Morgan fingerprint density at radius 1 is 1.31 bits per heavy atom. The van der Waals surface area contributed by atoms with E-state index < -0.39 is 0 Å². The predicted octanol–water partition coefficient (Wildman–Crippen LogP) is 2.33. The van der Waals surface area contributed by atoms with E-state index in [1.54, 1.807) is 30.3 Å². The maximum Gasteiger partial charge on any atom is 0.409 e. The lowest BCUT2D eigenvalue weighted by molar-refractivity contribution is 0.0719. The van der Waals surface area contributed by atoms with Gasteiger partial charge in [0, 0.05) is 43.0 Å². The summed E-state index contributed by atoms with van der Waals surface area (Å²) in [4.78, 5) is 29.7. The zero-order chi connectivity index (χ0) is 18.4. The van der Waals surface area contributed by atoms with Crippen LogP contribution in [0.3, 0.4) is 0 Å². The number of aromatic nitrogens is 1. The van der Waals surface area contributed by atoms with E-state index in [0.29, 0.717) is 37.7 Å². The molecule has 1 saturated heterocycles. The molecule has 0 bridgehead atoms. The van der Waals surface area contributed by atoms with Gasteiger partial charge in [0.1, 0.15) is 0 Å². The summed E-state index contributed by atoms with van der Waals surface area (Å²) in [6.45, 7) is 1.94. The highest BCUT2D eigenvalue weighted by atomic mass is 16.6. The van der Waals surface area contributed by atoms with Crippen LogP contribution in [0.25, 0.3) is 11.1 Å². The molecule has 0 unspecified atom stereocenters. The van der Waals surface area contributed by atoms with Crippen molar-refractivity contribution in [3.8, 4) is 17.0 Å². The second-order valence-electron chi connectivity index (χ2n) is 5.88. The average Bonchev–Trinajstić information content (AvgIpc) is 2.69. The molecular weight excluding hydrogens is 334 g/mol. The maximum absolute atomic E-state index is 12.4. The molecule has 2 heterocycles. The number of carbonyl (C=O) groups excluding carboxylic acids is 2. The van der Waals surface area contributed by atoms with E-state index in [1.807, 2.05) is 24.3 Å². The van der Waals surface area contributed by atoms with Gasteiger partial charge in [0.05, 0.1) is 13.7 Å². The van der Waals surface area contributed by atoms with Gasteiger partial charge in [-0.3, -0.25) is 4.79 Å². The Hall–Kier alpha value is -3.09. The largest absolute Gasteiger partial charge is 0.481 e. The fourth-order valence-electron chi connectivity index (χ4n) is 2.72. The van der Waals surface area contributed by atoms with Crippen LogP contribution in [-0.4, -0.2) is 55.2 Å². The first-order valence-corrected chi connectivity index (χ1v) is 8.48. The number of pyridine rings is 1. The zero-order valence-corrected chi connectivity index (χ0v) is 14.6. The normalized spacial score (nSPS) is 13.9. The van der Waals surface area contributed by atoms with Crippen LogP contribution in [0.5, 0.6) is 5.88 Å². The van der Waals surface area contributed by atoms with E-state index in [0.717, 1.165) is 17.5 Å². The van der Waals surface area contributed by atoms with Crippen molar-refractivity contribution in [1.82, 2.24) is 15.2 Å². The summed E-state index contributed by atoms with van der Waals surface area (Å²) in [5.41, 5.74) is 2.35. The molecule has 0 saturated carbocycles. The summed E-state index contributed by atoms with van der Waals surface area (Å²) in [6.07, 6.45) is 2.20. The highest BCUT2D eigenvalue weighted by Crippen LogP contribution is 2.21. The van der Waals surface area contributed by atoms with Crippen LogP contribution in [0.1, 0.15) is 16.8 Å². The fraction of sp³-hybridized carbons (Fsp3) is 0.316. The average molecular weight is 355 g/mol. The van der Waals surface area contributed by atoms with Gasteiger partial charge in [-0.1, -0.05) is 12.1 Å². The quantitative estimate of drug-likeness (QED) is 0.860. The Kier molecular flexibility index (Phi) is 5.68. The van der Waals surface area contributed by atoms with E-state index in [-0.39, 0.29) is 12.0 Å². The summed E-state index contributed by atoms with van der Waals surface area (Å²) < 4.78 is 10.0. The SMILES string of the molecule is COc1ccc(-c2cccc(C(=O)NCCN3CCCOC3=O)c2)cn1. The number of ether oxygens (including phenoxy) is 2. The molecule has 0 aliphatic carbocycles. The van der Waals surface area contributed by atoms with Gasteiger partial charge in [-0.25, -0.2) is 9.78 Å². The monoisotopic (exact) mass is 355 g/mol. The smallest absolute Gasteiger partial charge is 0.409 e. The number of methoxy groups -OCH3 is 1. The van der Waals surface area contributed by atoms with Crippen LogP contribution in [0.4, 0.5) is 4.79 Å². The van der Waals surface area contributed by atoms with Gasteiger partial charge in [-0.15, -0.1) is 0 Å². The van der Waals surface area contributed by atoms with Crippen LogP contribution < -0.4 is 10.1 Å². The molecule has 0 atom stereocenters. The van der Waals surface area contributed by atoms with Crippen molar-refractivity contribution in [3.63, 3.8) is 0 Å². The van der Waals surface area contributed by atoms with Crippen LogP contribution >= 0.6 is 0 Å². The van der Waals surface area contributed by atoms with Crippen molar-refractivity contribution < 1.29 is 19.1 Å². The molecular formula is C19H21N3O4. The van der Waals surface area contributed by atoms with E-state index in [1.165, 1.54) is 0 Å². The molecule has 7 nitrogen and oxygen atoms in total. The van der Waals surface area contributed by atoms with E-state index in [9.17, 15) is 9.59 Å². The van der Waals surface area contributed by atoms with Gasteiger partial charge >= 0.3 is 6.09 Å². The summed E-state index contributed by atoms with van der Waals surface area (Å²) in [6, 6.07) is 11.0. The van der Waals surface area contributed by atoms with Gasteiger partial charge in [0.25, 0.3) is 5.91 Å². The predicted molar refractivity (Wildman–Crippen MR) is 96.1 cm³/mol. The first-order valence-electron chi connectivity index (χ1n) is 8.48. The van der Waals surface area contributed by atoms with Gasteiger partial charge in [0.2, 0.25) is 5.88 Å². The first kappa shape index (κ1) is 17.7. The molecule has 0 radical (unpaired) electrons. The van der Waals surface area contributed by atoms with Gasteiger partial charge in [-0.05, 0) is 30.2 Å². The fourth-order valence-corrected chi connectivity index (χ4v) is 2.72. The molecule has 26 heavy (non-hydrogen) atoms. The Labute approximate surface area is 151 Å². The second-order valence-corrected chi connectivity index (χ2v) is 5.88. The van der Waals surface area contributed by atoms with Crippen LogP contribution in [0.15, 0.2) is 42.6 Å². The van der Waals surface area contributed by atoms with Crippen molar-refractivity contribution in [1.29, 1.82) is 0 Å². The third-order valence-corrected chi connectivity index (χ3v) is 4.13. The minimum atomic E-state index is -0.320. The molecule has 0 spiro atoms. The summed E-state index contributed by atoms with van der Waals surface area (Å²) in [5.74, 6) is 0.359. The lowest BCUT2D eigenvalue weighted by atomic mass is 10.0. The third-order valence-electron chi connectivity index (χ3n) is 4.13. The molecule has 1 aromatic carbocycles. The lowest BCUT2D eigenvalue weighted by Crippen LogP contribution is -2.42. The van der Waals surface area contributed by atoms with Crippen molar-refractivity contribution in [2.24, 2.45) is 0 Å². The minimum Gasteiger partial charge on any atom is -0.481 e. The highest BCUT2D eigenvalue weighted by Gasteiger charge is 2.19. The molecule has 1 aliphatic rings. The second kappa shape index (κ2) is 8.33. The molecule has 2 aromatic rings. The number of benzene rings is 1. The number of hydrogen-bond donors (Lipinski definition) is 1. The van der Waals surface area contributed by atoms with Crippen LogP contribution in [-0.2, 0) is 4.74 Å². The Bertz CT molecular complexity index is 777. The molecule has 1 fully saturated rings. The molecule has 1 N–H and O–H groups in total. The maximum atomic E-state index is 12.4. The Balaban J connectivity index is 1.59. The van der Waals surface area contributed by atoms with Crippen molar-refractivity contribution in [2.75, 3.05) is 33.4 Å². The first-order chi connectivity index (χ1) is 12.7. The molecule has 7 heteroatoms. The standard InChI is InChI=1S/C19H21N3O4/c1-25-17-7-6-16(13-21-17)14-4-2-5-15(12-14)18(23)20-8-10-22-9-3-11-26-19(22)24/h2,4-7,12-13H,3,8-11H2,1H3,(H,20,23). The highest BCUT2D eigenvalue weighted by molar-refractivity contribution is 5.95. The molecule has 3 rings (SSSR count). The number of hydrogen-bond acceptors (Lipinski definition) is 5. The van der Waals surface area contributed by atoms with E-state index >= 15 is 0 Å². The lowest BCUT2D eigenvalue weighted by Gasteiger charge is -2.26. The molecule has 1 aliphatic heterocycles. The Morgan fingerprint density at radius 3 is 2.92 bits per heavy atom. The third kappa shape index (κ3) is 4.30. The van der Waals surface area contributed by atoms with E-state index in [2.05, 4.69) is 10.3 Å². The van der Waals surface area contributed by atoms with Crippen LogP contribution in [0, 0.1) is 0 Å². The van der Waals surface area contributed by atoms with Gasteiger partial charge < -0.3 is 19.7 Å². The zero-order valence-electron chi connectivity index (χ0n) is 14.6. The van der Waals surface area contributed by atoms with Gasteiger partial charge in [-0.2, -0.15) is 0 Å². The van der Waals surface area contributed by atoms with Gasteiger partial charge in [0.15, 0.2) is 0 Å². The van der Waals surface area contributed by atoms with E-state index in [4.69, 9.17) is 9.47 Å². The Morgan fingerprint density at radius 2 is 2.19 bits per heavy atom. The number of nitrogens with zero attached hydrogens (tertiary/aromatic N) is 2. The summed E-state index contributed by atoms with van der Waals surface area (Å²) in [5, 5.41) is 2.84. The number of cyclic esters (lactones) is 1. The number of amides is 2. The number of nitrogens with one attached hydrogen (secondary N) is 1. The molecule has 2 amide bonds. The topological polar surface area (TPSA) is 80.8 Å². The number of carbonyl (C=O) groups is 2. The minimum absolute atomic E-state index is 0.182. The number of rotatable bonds is 6. The van der Waals surface area contributed by atoms with Crippen molar-refractivity contribution in [2.45, 2.75) is 6.42 Å². The van der Waals surface area contributed by atoms with Crippen molar-refractivity contribution in [3.05, 3.63) is 48.2 Å². The summed E-state index contributed by atoms with van der Waals surface area (Å²) >= 11 is 0. The molecule has 136 valence electrons. The van der Waals surface area contributed by atoms with Crippen molar-refractivity contribution >= 4 is 12.0 Å².